The fourth-order valence-electron chi connectivity index (χ4n) is 3.48. The Kier molecular flexibility index (Phi) is 5.18. The Hall–Kier alpha value is -3.03. The lowest BCUT2D eigenvalue weighted by atomic mass is 10.1. The Bertz CT molecular complexity index is 838. The van der Waals surface area contributed by atoms with E-state index in [0.717, 1.165) is 5.56 Å². The Morgan fingerprint density at radius 3 is 2.43 bits per heavy atom. The first kappa shape index (κ1) is 18.3. The van der Waals surface area contributed by atoms with Crippen LogP contribution in [0.2, 0.25) is 0 Å². The van der Waals surface area contributed by atoms with Crippen LogP contribution >= 0.6 is 0 Å². The lowest BCUT2D eigenvalue weighted by Crippen LogP contribution is -2.50. The fourth-order valence-corrected chi connectivity index (χ4v) is 3.48. The van der Waals surface area contributed by atoms with E-state index >= 15 is 0 Å². The van der Waals surface area contributed by atoms with Gasteiger partial charge in [-0.3, -0.25) is 9.59 Å². The van der Waals surface area contributed by atoms with Crippen LogP contribution in [0.5, 0.6) is 0 Å². The number of carbonyl (C=O) groups excluding carboxylic acids is 2. The molecule has 0 bridgehead atoms. The van der Waals surface area contributed by atoms with E-state index in [9.17, 15) is 14.0 Å². The van der Waals surface area contributed by atoms with Gasteiger partial charge in [-0.15, -0.1) is 0 Å². The molecule has 1 aromatic carbocycles. The molecule has 1 aliphatic carbocycles. The molecule has 1 aliphatic heterocycles. The molecule has 1 saturated heterocycles. The molecule has 0 spiro atoms. The smallest absolute Gasteiger partial charge is 0.310 e. The number of amides is 1. The van der Waals surface area contributed by atoms with Gasteiger partial charge in [0, 0.05) is 38.6 Å². The average Bonchev–Trinajstić information content (AvgIpc) is 3.54. The molecule has 2 atom stereocenters. The number of piperazine rings is 1. The summed E-state index contributed by atoms with van der Waals surface area (Å²) >= 11 is 0. The summed E-state index contributed by atoms with van der Waals surface area (Å²) in [5.41, 5.74) is 0.925. The molecule has 4 rings (SSSR count). The molecule has 2 unspecified atom stereocenters. The number of rotatable bonds is 5. The number of anilines is 1. The highest BCUT2D eigenvalue weighted by Crippen LogP contribution is 2.48. The molecule has 1 saturated carbocycles. The van der Waals surface area contributed by atoms with Crippen molar-refractivity contribution < 1.29 is 18.7 Å². The fraction of sp³-hybridized carbons (Fsp3) is 0.400. The Balaban J connectivity index is 1.21. The van der Waals surface area contributed by atoms with Gasteiger partial charge in [0.15, 0.2) is 6.61 Å². The predicted molar refractivity (Wildman–Crippen MR) is 99.0 cm³/mol. The summed E-state index contributed by atoms with van der Waals surface area (Å²) in [6.07, 6.45) is 4.06. The molecule has 0 N–H and O–H groups in total. The summed E-state index contributed by atoms with van der Waals surface area (Å²) in [5, 5.41) is 0. The third-order valence-corrected chi connectivity index (χ3v) is 5.20. The second-order valence-electron chi connectivity index (χ2n) is 7.02. The van der Waals surface area contributed by atoms with Crippen molar-refractivity contribution in [3.63, 3.8) is 0 Å². The number of benzene rings is 1. The zero-order valence-corrected chi connectivity index (χ0v) is 15.3. The molecule has 8 heteroatoms. The number of esters is 1. The standard InChI is InChI=1S/C20H21FN4O3/c21-15-4-2-14(3-5-15)16-12-17(16)19(27)28-13-18(26)24-8-10-25(11-9-24)20-22-6-1-7-23-20/h1-7,16-17H,8-13H2. The van der Waals surface area contributed by atoms with Gasteiger partial charge in [-0.1, -0.05) is 12.1 Å². The molecule has 7 nitrogen and oxygen atoms in total. The quantitative estimate of drug-likeness (QED) is 0.729. The molecule has 0 radical (unpaired) electrons. The summed E-state index contributed by atoms with van der Waals surface area (Å²) in [4.78, 5) is 36.7. The SMILES string of the molecule is O=C(OCC(=O)N1CCN(c2ncccn2)CC1)C1CC1c1ccc(F)cc1. The van der Waals surface area contributed by atoms with Gasteiger partial charge in [0.05, 0.1) is 5.92 Å². The molecule has 1 aromatic heterocycles. The minimum absolute atomic E-state index is 0.0534. The third kappa shape index (κ3) is 4.11. The summed E-state index contributed by atoms with van der Waals surface area (Å²) in [6, 6.07) is 7.92. The van der Waals surface area contributed by atoms with Crippen molar-refractivity contribution in [2.24, 2.45) is 5.92 Å². The molecule has 2 fully saturated rings. The minimum atomic E-state index is -0.362. The molecule has 2 heterocycles. The van der Waals surface area contributed by atoms with E-state index in [1.807, 2.05) is 4.90 Å². The van der Waals surface area contributed by atoms with Gasteiger partial charge in [0.25, 0.3) is 5.91 Å². The van der Waals surface area contributed by atoms with E-state index in [-0.39, 0.29) is 36.1 Å². The Morgan fingerprint density at radius 2 is 1.75 bits per heavy atom. The lowest BCUT2D eigenvalue weighted by molar-refractivity contribution is -0.153. The van der Waals surface area contributed by atoms with Crippen LogP contribution in [-0.4, -0.2) is 59.5 Å². The molecular weight excluding hydrogens is 363 g/mol. The van der Waals surface area contributed by atoms with E-state index in [2.05, 4.69) is 9.97 Å². The molecule has 2 aromatic rings. The lowest BCUT2D eigenvalue weighted by Gasteiger charge is -2.34. The first-order chi connectivity index (χ1) is 13.6. The molecule has 146 valence electrons. The highest BCUT2D eigenvalue weighted by Gasteiger charge is 2.45. The van der Waals surface area contributed by atoms with Crippen LogP contribution in [0.15, 0.2) is 42.7 Å². The molecule has 2 aliphatic rings. The maximum Gasteiger partial charge on any atom is 0.310 e. The van der Waals surface area contributed by atoms with Gasteiger partial charge in [0.2, 0.25) is 5.95 Å². The Morgan fingerprint density at radius 1 is 1.07 bits per heavy atom. The molecule has 28 heavy (non-hydrogen) atoms. The van der Waals surface area contributed by atoms with Crippen LogP contribution in [0.4, 0.5) is 10.3 Å². The zero-order chi connectivity index (χ0) is 19.5. The maximum absolute atomic E-state index is 13.0. The van der Waals surface area contributed by atoms with E-state index < -0.39 is 0 Å². The predicted octanol–water partition coefficient (Wildman–Crippen LogP) is 1.61. The summed E-state index contributed by atoms with van der Waals surface area (Å²) in [5.74, 6) is -0.391. The topological polar surface area (TPSA) is 75.6 Å². The van der Waals surface area contributed by atoms with Crippen LogP contribution in [0.25, 0.3) is 0 Å². The second kappa shape index (κ2) is 7.92. The number of hydrogen-bond acceptors (Lipinski definition) is 6. The van der Waals surface area contributed by atoms with Gasteiger partial charge < -0.3 is 14.5 Å². The van der Waals surface area contributed by atoms with Crippen molar-refractivity contribution in [3.8, 4) is 0 Å². The largest absolute Gasteiger partial charge is 0.455 e. The summed E-state index contributed by atoms with van der Waals surface area (Å²) in [6.45, 7) is 2.11. The third-order valence-electron chi connectivity index (χ3n) is 5.20. The number of aromatic nitrogens is 2. The van der Waals surface area contributed by atoms with Crippen molar-refractivity contribution in [2.45, 2.75) is 12.3 Å². The molecular formula is C20H21FN4O3. The summed E-state index contributed by atoms with van der Waals surface area (Å²) < 4.78 is 18.2. The van der Waals surface area contributed by atoms with Crippen LogP contribution in [-0.2, 0) is 14.3 Å². The molecule has 1 amide bonds. The van der Waals surface area contributed by atoms with Crippen molar-refractivity contribution >= 4 is 17.8 Å². The van der Waals surface area contributed by atoms with Crippen molar-refractivity contribution in [1.29, 1.82) is 0 Å². The van der Waals surface area contributed by atoms with Crippen molar-refractivity contribution in [1.82, 2.24) is 14.9 Å². The van der Waals surface area contributed by atoms with E-state index in [1.54, 1.807) is 35.5 Å². The summed E-state index contributed by atoms with van der Waals surface area (Å²) in [7, 11) is 0. The van der Waals surface area contributed by atoms with Gasteiger partial charge in [-0.25, -0.2) is 14.4 Å². The van der Waals surface area contributed by atoms with Crippen LogP contribution in [0.3, 0.4) is 0 Å². The maximum atomic E-state index is 13.0. The monoisotopic (exact) mass is 384 g/mol. The van der Waals surface area contributed by atoms with Crippen LogP contribution in [0, 0.1) is 11.7 Å². The Labute approximate surface area is 162 Å². The number of nitrogens with zero attached hydrogens (tertiary/aromatic N) is 4. The van der Waals surface area contributed by atoms with Crippen LogP contribution in [0.1, 0.15) is 17.9 Å². The van der Waals surface area contributed by atoms with Crippen molar-refractivity contribution in [2.75, 3.05) is 37.7 Å². The normalized spacial score (nSPS) is 21.3. The first-order valence-corrected chi connectivity index (χ1v) is 9.33. The van der Waals surface area contributed by atoms with E-state index in [4.69, 9.17) is 4.74 Å². The number of ether oxygens (including phenoxy) is 1. The van der Waals surface area contributed by atoms with Crippen molar-refractivity contribution in [3.05, 3.63) is 54.1 Å². The number of hydrogen-bond donors (Lipinski definition) is 0. The first-order valence-electron chi connectivity index (χ1n) is 9.33. The average molecular weight is 384 g/mol. The number of carbonyl (C=O) groups is 2. The minimum Gasteiger partial charge on any atom is -0.455 e. The second-order valence-corrected chi connectivity index (χ2v) is 7.02. The number of halogens is 1. The highest BCUT2D eigenvalue weighted by molar-refractivity contribution is 5.83. The van der Waals surface area contributed by atoms with Gasteiger partial charge in [-0.2, -0.15) is 0 Å². The van der Waals surface area contributed by atoms with E-state index in [1.165, 1.54) is 12.1 Å². The zero-order valence-electron chi connectivity index (χ0n) is 15.3. The van der Waals surface area contributed by atoms with Crippen LogP contribution < -0.4 is 4.90 Å². The highest BCUT2D eigenvalue weighted by atomic mass is 19.1. The van der Waals surface area contributed by atoms with Gasteiger partial charge in [-0.05, 0) is 36.1 Å². The van der Waals surface area contributed by atoms with Gasteiger partial charge >= 0.3 is 5.97 Å². The van der Waals surface area contributed by atoms with Gasteiger partial charge in [0.1, 0.15) is 5.82 Å². The van der Waals surface area contributed by atoms with E-state index in [0.29, 0.717) is 38.5 Å².